The number of hydrogen-bond donors (Lipinski definition) is 0. The molecule has 0 N–H and O–H groups in total. The Morgan fingerprint density at radius 2 is 1.06 bits per heavy atom. The van der Waals surface area contributed by atoms with E-state index in [0.29, 0.717) is 0 Å². The summed E-state index contributed by atoms with van der Waals surface area (Å²) in [6.07, 6.45) is 16.8. The van der Waals surface area contributed by atoms with Gasteiger partial charge in [-0.2, -0.15) is 0 Å². The van der Waals surface area contributed by atoms with Crippen LogP contribution in [-0.4, -0.2) is 5.88 Å². The summed E-state index contributed by atoms with van der Waals surface area (Å²) in [6, 6.07) is 0. The lowest BCUT2D eigenvalue weighted by atomic mass is 10.1. The second kappa shape index (κ2) is 16.9. The summed E-state index contributed by atoms with van der Waals surface area (Å²) in [7, 11) is 0. The van der Waals surface area contributed by atoms with E-state index in [1.807, 2.05) is 0 Å². The summed E-state index contributed by atoms with van der Waals surface area (Å²) in [6.45, 7) is 2.25. The van der Waals surface area contributed by atoms with E-state index in [9.17, 15) is 0 Å². The zero-order valence-electron chi connectivity index (χ0n) is 12.3. The molecule has 0 aromatic carbocycles. The molecule has 1 heteroatoms. The molecule has 0 fully saturated rings. The summed E-state index contributed by atoms with van der Waals surface area (Å²) in [5.41, 5.74) is 0. The third-order valence-electron chi connectivity index (χ3n) is 3.22. The van der Waals surface area contributed by atoms with Gasteiger partial charge in [-0.05, 0) is 19.3 Å². The Kier molecular flexibility index (Phi) is 16.7. The van der Waals surface area contributed by atoms with Crippen LogP contribution >= 0.6 is 11.6 Å². The average molecular weight is 271 g/mol. The van der Waals surface area contributed by atoms with Gasteiger partial charge in [0.2, 0.25) is 0 Å². The highest BCUT2D eigenvalue weighted by molar-refractivity contribution is 6.17. The largest absolute Gasteiger partial charge is 0.127 e. The molecule has 0 spiro atoms. The van der Waals surface area contributed by atoms with Crippen LogP contribution in [0.1, 0.15) is 90.4 Å². The predicted octanol–water partition coefficient (Wildman–Crippen LogP) is 6.32. The minimum Gasteiger partial charge on any atom is -0.127 e. The first-order valence-corrected chi connectivity index (χ1v) is 8.47. The average Bonchev–Trinajstić information content (AvgIpc) is 2.39. The van der Waals surface area contributed by atoms with Crippen molar-refractivity contribution in [2.24, 2.45) is 0 Å². The fourth-order valence-electron chi connectivity index (χ4n) is 2.01. The molecule has 0 rings (SSSR count). The van der Waals surface area contributed by atoms with Gasteiger partial charge in [0, 0.05) is 18.7 Å². The Morgan fingerprint density at radius 3 is 1.56 bits per heavy atom. The second-order valence-electron chi connectivity index (χ2n) is 5.08. The van der Waals surface area contributed by atoms with Crippen molar-refractivity contribution in [3.05, 3.63) is 0 Å². The molecule has 0 saturated heterocycles. The second-order valence-corrected chi connectivity index (χ2v) is 5.46. The van der Waals surface area contributed by atoms with Crippen molar-refractivity contribution in [3.63, 3.8) is 0 Å². The molecule has 0 radical (unpaired) electrons. The highest BCUT2D eigenvalue weighted by atomic mass is 35.5. The van der Waals surface area contributed by atoms with Gasteiger partial charge < -0.3 is 0 Å². The van der Waals surface area contributed by atoms with Crippen molar-refractivity contribution in [2.75, 3.05) is 5.88 Å². The van der Waals surface area contributed by atoms with E-state index in [0.717, 1.165) is 18.7 Å². The van der Waals surface area contributed by atoms with Crippen molar-refractivity contribution in [2.45, 2.75) is 90.4 Å². The summed E-state index contributed by atoms with van der Waals surface area (Å²) in [5.74, 6) is 7.43. The van der Waals surface area contributed by atoms with Gasteiger partial charge in [0.1, 0.15) is 0 Å². The zero-order chi connectivity index (χ0) is 13.3. The Bertz CT molecular complexity index is 199. The quantitative estimate of drug-likeness (QED) is 0.221. The minimum atomic E-state index is 0.827. The van der Waals surface area contributed by atoms with Crippen LogP contribution in [-0.2, 0) is 0 Å². The molecule has 106 valence electrons. The fourth-order valence-corrected chi connectivity index (χ4v) is 2.20. The van der Waals surface area contributed by atoms with E-state index in [2.05, 4.69) is 18.8 Å². The first-order chi connectivity index (χ1) is 8.91. The first-order valence-electron chi connectivity index (χ1n) is 7.93. The highest BCUT2D eigenvalue weighted by Crippen LogP contribution is 2.08. The van der Waals surface area contributed by atoms with Gasteiger partial charge in [0.15, 0.2) is 0 Å². The summed E-state index contributed by atoms with van der Waals surface area (Å²) >= 11 is 5.64. The number of rotatable bonds is 12. The van der Waals surface area contributed by atoms with Gasteiger partial charge >= 0.3 is 0 Å². The monoisotopic (exact) mass is 270 g/mol. The smallest absolute Gasteiger partial charge is 0.0223 e. The van der Waals surface area contributed by atoms with Crippen LogP contribution in [0, 0.1) is 11.8 Å². The Balaban J connectivity index is 3.04. The van der Waals surface area contributed by atoms with Crippen molar-refractivity contribution < 1.29 is 0 Å². The lowest BCUT2D eigenvalue weighted by Gasteiger charge is -1.98. The third-order valence-corrected chi connectivity index (χ3v) is 3.48. The lowest BCUT2D eigenvalue weighted by Crippen LogP contribution is -1.81. The molecule has 0 atom stereocenters. The number of halogens is 1. The molecule has 0 aliphatic carbocycles. The maximum absolute atomic E-state index is 5.64. The molecule has 0 aliphatic heterocycles. The number of hydrogen-bond acceptors (Lipinski definition) is 0. The van der Waals surface area contributed by atoms with E-state index >= 15 is 0 Å². The van der Waals surface area contributed by atoms with Gasteiger partial charge in [-0.3, -0.25) is 0 Å². The fraction of sp³-hybridized carbons (Fsp3) is 0.882. The minimum absolute atomic E-state index is 0.827. The Morgan fingerprint density at radius 1 is 0.611 bits per heavy atom. The van der Waals surface area contributed by atoms with Gasteiger partial charge in [-0.25, -0.2) is 0 Å². The van der Waals surface area contributed by atoms with E-state index in [1.54, 1.807) is 0 Å². The standard InChI is InChI=1S/C17H31Cl/c1-2-3-4-5-6-7-8-9-10-11-12-13-14-15-16-17-18/h2-6,9-17H2,1H3. The van der Waals surface area contributed by atoms with Crippen LogP contribution in [0.3, 0.4) is 0 Å². The Labute approximate surface area is 120 Å². The van der Waals surface area contributed by atoms with Gasteiger partial charge in [-0.1, -0.05) is 58.3 Å². The number of alkyl halides is 1. The maximum Gasteiger partial charge on any atom is 0.0223 e. The SMILES string of the molecule is CCCCCCC#CCCCCCCCCCCl. The van der Waals surface area contributed by atoms with Crippen LogP contribution < -0.4 is 0 Å². The maximum atomic E-state index is 5.64. The molecule has 0 bridgehead atoms. The molecule has 0 nitrogen and oxygen atoms in total. The van der Waals surface area contributed by atoms with Gasteiger partial charge in [-0.15, -0.1) is 23.4 Å². The van der Waals surface area contributed by atoms with E-state index in [1.165, 1.54) is 70.6 Å². The topological polar surface area (TPSA) is 0 Å². The first kappa shape index (κ1) is 17.8. The lowest BCUT2D eigenvalue weighted by molar-refractivity contribution is 0.595. The summed E-state index contributed by atoms with van der Waals surface area (Å²) < 4.78 is 0. The summed E-state index contributed by atoms with van der Waals surface area (Å²) in [5, 5.41) is 0. The van der Waals surface area contributed by atoms with Crippen LogP contribution in [0.15, 0.2) is 0 Å². The van der Waals surface area contributed by atoms with Gasteiger partial charge in [0.25, 0.3) is 0 Å². The van der Waals surface area contributed by atoms with E-state index in [4.69, 9.17) is 11.6 Å². The third kappa shape index (κ3) is 15.9. The molecular weight excluding hydrogens is 240 g/mol. The molecule has 0 aliphatic rings. The van der Waals surface area contributed by atoms with Crippen LogP contribution in [0.4, 0.5) is 0 Å². The van der Waals surface area contributed by atoms with Crippen molar-refractivity contribution in [1.82, 2.24) is 0 Å². The van der Waals surface area contributed by atoms with Crippen molar-refractivity contribution in [1.29, 1.82) is 0 Å². The highest BCUT2D eigenvalue weighted by Gasteiger charge is 1.90. The molecular formula is C17H31Cl. The molecule has 0 aromatic rings. The molecule has 0 saturated carbocycles. The van der Waals surface area contributed by atoms with Crippen LogP contribution in [0.25, 0.3) is 0 Å². The van der Waals surface area contributed by atoms with Crippen LogP contribution in [0.5, 0.6) is 0 Å². The molecule has 0 amide bonds. The molecule has 0 aromatic heterocycles. The number of unbranched alkanes of at least 4 members (excludes halogenated alkanes) is 11. The van der Waals surface area contributed by atoms with Crippen molar-refractivity contribution >= 4 is 11.6 Å². The van der Waals surface area contributed by atoms with E-state index < -0.39 is 0 Å². The normalized spacial score (nSPS) is 10.1. The summed E-state index contributed by atoms with van der Waals surface area (Å²) in [4.78, 5) is 0. The molecule has 0 heterocycles. The predicted molar refractivity (Wildman–Crippen MR) is 84.2 cm³/mol. The Hall–Kier alpha value is -0.150. The van der Waals surface area contributed by atoms with Crippen LogP contribution in [0.2, 0.25) is 0 Å². The molecule has 18 heavy (non-hydrogen) atoms. The van der Waals surface area contributed by atoms with Crippen molar-refractivity contribution in [3.8, 4) is 11.8 Å². The zero-order valence-corrected chi connectivity index (χ0v) is 13.0. The molecule has 0 unspecified atom stereocenters. The van der Waals surface area contributed by atoms with E-state index in [-0.39, 0.29) is 0 Å². The van der Waals surface area contributed by atoms with Gasteiger partial charge in [0.05, 0.1) is 0 Å².